The van der Waals surface area contributed by atoms with Crippen LogP contribution in [0.4, 0.5) is 0 Å². The minimum atomic E-state index is -0.615. The first-order valence-electron chi connectivity index (χ1n) is 7.95. The number of ether oxygens (including phenoxy) is 1. The zero-order chi connectivity index (χ0) is 15.3. The van der Waals surface area contributed by atoms with Crippen LogP contribution < -0.4 is 5.32 Å². The highest BCUT2D eigenvalue weighted by molar-refractivity contribution is 5.80. The van der Waals surface area contributed by atoms with Gasteiger partial charge in [-0.2, -0.15) is 0 Å². The maximum Gasteiger partial charge on any atom is 0.327 e. The lowest BCUT2D eigenvalue weighted by Crippen LogP contribution is -2.59. The van der Waals surface area contributed by atoms with Crippen molar-refractivity contribution >= 4 is 5.97 Å². The fourth-order valence-electron chi connectivity index (χ4n) is 3.09. The van der Waals surface area contributed by atoms with E-state index < -0.39 is 5.54 Å². The fourth-order valence-corrected chi connectivity index (χ4v) is 3.09. The van der Waals surface area contributed by atoms with Crippen LogP contribution >= 0.6 is 0 Å². The molecule has 0 aromatic carbocycles. The monoisotopic (exact) mass is 284 g/mol. The minimum Gasteiger partial charge on any atom is -0.465 e. The van der Waals surface area contributed by atoms with E-state index in [1.807, 2.05) is 13.8 Å². The molecule has 0 amide bonds. The van der Waals surface area contributed by atoms with Crippen LogP contribution in [0, 0.1) is 11.8 Å². The standard InChI is InChI=1S/C16H32N2O2/c1-7-20-15(19)16(6,17-13(4)5)11-18-9-8-14(10-18)12(2)3/h12-14,17H,7-11H2,1-6H3. The molecule has 20 heavy (non-hydrogen) atoms. The Bertz CT molecular complexity index is 318. The van der Waals surface area contributed by atoms with E-state index in [-0.39, 0.29) is 12.0 Å². The molecule has 0 aliphatic carbocycles. The van der Waals surface area contributed by atoms with Gasteiger partial charge in [-0.1, -0.05) is 13.8 Å². The molecule has 1 rings (SSSR count). The number of nitrogens with one attached hydrogen (secondary N) is 1. The van der Waals surface area contributed by atoms with Crippen molar-refractivity contribution in [2.75, 3.05) is 26.2 Å². The molecule has 1 aliphatic rings. The van der Waals surface area contributed by atoms with Gasteiger partial charge in [0, 0.05) is 19.1 Å². The van der Waals surface area contributed by atoms with Gasteiger partial charge in [0.25, 0.3) is 0 Å². The lowest BCUT2D eigenvalue weighted by Gasteiger charge is -2.34. The summed E-state index contributed by atoms with van der Waals surface area (Å²) >= 11 is 0. The van der Waals surface area contributed by atoms with Gasteiger partial charge in [0.15, 0.2) is 0 Å². The summed E-state index contributed by atoms with van der Waals surface area (Å²) in [5.41, 5.74) is -0.615. The summed E-state index contributed by atoms with van der Waals surface area (Å²) < 4.78 is 5.26. The Morgan fingerprint density at radius 2 is 2.05 bits per heavy atom. The lowest BCUT2D eigenvalue weighted by molar-refractivity contribution is -0.151. The van der Waals surface area contributed by atoms with E-state index in [0.29, 0.717) is 12.5 Å². The van der Waals surface area contributed by atoms with E-state index in [1.54, 1.807) is 0 Å². The molecule has 0 aromatic rings. The number of hydrogen-bond acceptors (Lipinski definition) is 4. The van der Waals surface area contributed by atoms with Crippen LogP contribution in [0.25, 0.3) is 0 Å². The Kier molecular flexibility index (Phi) is 6.46. The number of esters is 1. The molecule has 1 saturated heterocycles. The molecular weight excluding hydrogens is 252 g/mol. The summed E-state index contributed by atoms with van der Waals surface area (Å²) in [7, 11) is 0. The average Bonchev–Trinajstić information content (AvgIpc) is 2.76. The van der Waals surface area contributed by atoms with Crippen LogP contribution in [0.1, 0.15) is 48.0 Å². The third kappa shape index (κ3) is 4.74. The van der Waals surface area contributed by atoms with Crippen molar-refractivity contribution in [3.8, 4) is 0 Å². The molecule has 0 radical (unpaired) electrons. The zero-order valence-corrected chi connectivity index (χ0v) is 14.0. The highest BCUT2D eigenvalue weighted by Gasteiger charge is 2.39. The second kappa shape index (κ2) is 7.41. The number of nitrogens with zero attached hydrogens (tertiary/aromatic N) is 1. The Hall–Kier alpha value is -0.610. The molecule has 2 unspecified atom stereocenters. The van der Waals surface area contributed by atoms with Crippen molar-refractivity contribution in [2.45, 2.75) is 59.5 Å². The molecule has 0 spiro atoms. The molecule has 118 valence electrons. The Labute approximate surface area is 124 Å². The van der Waals surface area contributed by atoms with Gasteiger partial charge in [0.1, 0.15) is 5.54 Å². The first-order valence-corrected chi connectivity index (χ1v) is 7.95. The number of hydrogen-bond donors (Lipinski definition) is 1. The largest absolute Gasteiger partial charge is 0.465 e. The quantitative estimate of drug-likeness (QED) is 0.728. The predicted molar refractivity (Wildman–Crippen MR) is 82.7 cm³/mol. The molecule has 1 fully saturated rings. The number of carbonyl (C=O) groups excluding carboxylic acids is 1. The number of likely N-dealkylation sites (tertiary alicyclic amines) is 1. The Morgan fingerprint density at radius 3 is 2.50 bits per heavy atom. The molecule has 0 bridgehead atoms. The summed E-state index contributed by atoms with van der Waals surface area (Å²) in [6, 6.07) is 0.257. The topological polar surface area (TPSA) is 41.6 Å². The highest BCUT2D eigenvalue weighted by Crippen LogP contribution is 2.25. The third-order valence-electron chi connectivity index (χ3n) is 4.12. The zero-order valence-electron chi connectivity index (χ0n) is 14.0. The van der Waals surface area contributed by atoms with Crippen LogP contribution in [0.5, 0.6) is 0 Å². The van der Waals surface area contributed by atoms with Gasteiger partial charge < -0.3 is 9.64 Å². The van der Waals surface area contributed by atoms with Crippen molar-refractivity contribution in [1.82, 2.24) is 10.2 Å². The van der Waals surface area contributed by atoms with Gasteiger partial charge in [-0.05, 0) is 52.5 Å². The molecule has 0 saturated carbocycles. The van der Waals surface area contributed by atoms with Gasteiger partial charge in [-0.15, -0.1) is 0 Å². The van der Waals surface area contributed by atoms with Gasteiger partial charge >= 0.3 is 5.97 Å². The molecule has 4 nitrogen and oxygen atoms in total. The van der Waals surface area contributed by atoms with Crippen molar-refractivity contribution in [3.63, 3.8) is 0 Å². The maximum atomic E-state index is 12.3. The third-order valence-corrected chi connectivity index (χ3v) is 4.12. The van der Waals surface area contributed by atoms with Crippen molar-refractivity contribution in [3.05, 3.63) is 0 Å². The SMILES string of the molecule is CCOC(=O)C(C)(CN1CCC(C(C)C)C1)NC(C)C. The predicted octanol–water partition coefficient (Wildman–Crippen LogP) is 2.28. The van der Waals surface area contributed by atoms with E-state index in [9.17, 15) is 4.79 Å². The fraction of sp³-hybridized carbons (Fsp3) is 0.938. The first-order chi connectivity index (χ1) is 9.28. The van der Waals surface area contributed by atoms with E-state index in [0.717, 1.165) is 25.6 Å². The van der Waals surface area contributed by atoms with Gasteiger partial charge in [0.2, 0.25) is 0 Å². The molecule has 1 aliphatic heterocycles. The van der Waals surface area contributed by atoms with Gasteiger partial charge in [-0.3, -0.25) is 10.1 Å². The average molecular weight is 284 g/mol. The van der Waals surface area contributed by atoms with Crippen LogP contribution in [-0.4, -0.2) is 48.7 Å². The van der Waals surface area contributed by atoms with Crippen LogP contribution in [0.2, 0.25) is 0 Å². The van der Waals surface area contributed by atoms with Crippen molar-refractivity contribution < 1.29 is 9.53 Å². The van der Waals surface area contributed by atoms with E-state index in [2.05, 4.69) is 37.9 Å². The second-order valence-electron chi connectivity index (χ2n) is 6.88. The van der Waals surface area contributed by atoms with Crippen LogP contribution in [0.3, 0.4) is 0 Å². The van der Waals surface area contributed by atoms with E-state index in [4.69, 9.17) is 4.74 Å². The Balaban J connectivity index is 2.68. The molecule has 2 atom stereocenters. The molecule has 4 heteroatoms. The van der Waals surface area contributed by atoms with Crippen molar-refractivity contribution in [1.29, 1.82) is 0 Å². The molecule has 0 aromatic heterocycles. The minimum absolute atomic E-state index is 0.137. The van der Waals surface area contributed by atoms with Gasteiger partial charge in [0.05, 0.1) is 6.61 Å². The van der Waals surface area contributed by atoms with Crippen molar-refractivity contribution in [2.24, 2.45) is 11.8 Å². The lowest BCUT2D eigenvalue weighted by atomic mass is 9.95. The smallest absolute Gasteiger partial charge is 0.327 e. The Morgan fingerprint density at radius 1 is 1.40 bits per heavy atom. The summed E-state index contributed by atoms with van der Waals surface area (Å²) in [6.45, 7) is 15.9. The van der Waals surface area contributed by atoms with Gasteiger partial charge in [-0.25, -0.2) is 0 Å². The number of carbonyl (C=O) groups is 1. The molecule has 1 N–H and O–H groups in total. The summed E-state index contributed by atoms with van der Waals surface area (Å²) in [5, 5.41) is 3.40. The summed E-state index contributed by atoms with van der Waals surface area (Å²) in [6.07, 6.45) is 1.23. The second-order valence-corrected chi connectivity index (χ2v) is 6.88. The summed E-state index contributed by atoms with van der Waals surface area (Å²) in [5.74, 6) is 1.33. The van der Waals surface area contributed by atoms with E-state index >= 15 is 0 Å². The normalized spacial score (nSPS) is 23.3. The molecular formula is C16H32N2O2. The summed E-state index contributed by atoms with van der Waals surface area (Å²) in [4.78, 5) is 14.7. The number of rotatable bonds is 7. The van der Waals surface area contributed by atoms with Crippen LogP contribution in [-0.2, 0) is 9.53 Å². The van der Waals surface area contributed by atoms with Crippen LogP contribution in [0.15, 0.2) is 0 Å². The maximum absolute atomic E-state index is 12.3. The first kappa shape index (κ1) is 17.4. The molecule has 1 heterocycles. The highest BCUT2D eigenvalue weighted by atomic mass is 16.5. The van der Waals surface area contributed by atoms with E-state index in [1.165, 1.54) is 6.42 Å².